The molecular weight excluding hydrogens is 418 g/mol. The third-order valence-electron chi connectivity index (χ3n) is 5.05. The molecule has 33 heavy (non-hydrogen) atoms. The maximum atomic E-state index is 13.0. The number of benzene rings is 3. The Morgan fingerprint density at radius 3 is 2.39 bits per heavy atom. The standard InChI is InChI=1S/C26H29N3O4/c1-18-8-3-5-10-22(18)28-25(30)19-12-13-23(20(16-19)17-32-2)29-26(31)21-9-4-6-11-24(21)33-15-7-14-27/h3-6,8-13,16H,7,14-15,17,27H2,1-2H3,(H,28,30)(H,29,31). The number of amides is 2. The van der Waals surface area contributed by atoms with Crippen molar-refractivity contribution in [2.75, 3.05) is 30.9 Å². The van der Waals surface area contributed by atoms with Crippen molar-refractivity contribution < 1.29 is 19.1 Å². The van der Waals surface area contributed by atoms with Gasteiger partial charge in [-0.3, -0.25) is 9.59 Å². The van der Waals surface area contributed by atoms with Crippen molar-refractivity contribution in [3.63, 3.8) is 0 Å². The average Bonchev–Trinajstić information content (AvgIpc) is 2.82. The Labute approximate surface area is 193 Å². The summed E-state index contributed by atoms with van der Waals surface area (Å²) in [5, 5.41) is 5.83. The van der Waals surface area contributed by atoms with Crippen LogP contribution in [0.3, 0.4) is 0 Å². The second kappa shape index (κ2) is 11.8. The number of methoxy groups -OCH3 is 1. The molecule has 3 aromatic rings. The number of aryl methyl sites for hydroxylation is 1. The number of hydrogen-bond donors (Lipinski definition) is 3. The van der Waals surface area contributed by atoms with Crippen molar-refractivity contribution in [2.45, 2.75) is 20.0 Å². The van der Waals surface area contributed by atoms with Gasteiger partial charge < -0.3 is 25.8 Å². The summed E-state index contributed by atoms with van der Waals surface area (Å²) in [6.45, 7) is 3.11. The van der Waals surface area contributed by atoms with E-state index in [9.17, 15) is 9.59 Å². The van der Waals surface area contributed by atoms with Gasteiger partial charge in [-0.2, -0.15) is 0 Å². The Kier molecular flexibility index (Phi) is 8.57. The predicted octanol–water partition coefficient (Wildman–Crippen LogP) is 4.37. The van der Waals surface area contributed by atoms with Gasteiger partial charge in [-0.25, -0.2) is 0 Å². The molecule has 3 aromatic carbocycles. The van der Waals surface area contributed by atoms with E-state index in [1.807, 2.05) is 37.3 Å². The molecule has 0 bridgehead atoms. The van der Waals surface area contributed by atoms with Crippen LogP contribution in [0.2, 0.25) is 0 Å². The van der Waals surface area contributed by atoms with Crippen LogP contribution in [0.25, 0.3) is 0 Å². The van der Waals surface area contributed by atoms with Gasteiger partial charge in [0.25, 0.3) is 11.8 Å². The molecule has 0 atom stereocenters. The van der Waals surface area contributed by atoms with Crippen LogP contribution < -0.4 is 21.1 Å². The number of para-hydroxylation sites is 2. The summed E-state index contributed by atoms with van der Waals surface area (Å²) in [5.74, 6) is -0.0584. The Morgan fingerprint density at radius 1 is 0.909 bits per heavy atom. The predicted molar refractivity (Wildman–Crippen MR) is 130 cm³/mol. The quantitative estimate of drug-likeness (QED) is 0.401. The van der Waals surface area contributed by atoms with Crippen LogP contribution in [0.15, 0.2) is 66.7 Å². The van der Waals surface area contributed by atoms with Gasteiger partial charge in [0.1, 0.15) is 5.75 Å². The highest BCUT2D eigenvalue weighted by molar-refractivity contribution is 6.08. The first-order chi connectivity index (χ1) is 16.0. The molecule has 3 rings (SSSR count). The van der Waals surface area contributed by atoms with E-state index >= 15 is 0 Å². The van der Waals surface area contributed by atoms with Gasteiger partial charge in [-0.05, 0) is 61.9 Å². The third-order valence-corrected chi connectivity index (χ3v) is 5.05. The lowest BCUT2D eigenvalue weighted by Gasteiger charge is -2.15. The van der Waals surface area contributed by atoms with Crippen molar-refractivity contribution in [2.24, 2.45) is 5.73 Å². The summed E-state index contributed by atoms with van der Waals surface area (Å²) in [6, 6.07) is 19.7. The highest BCUT2D eigenvalue weighted by atomic mass is 16.5. The highest BCUT2D eigenvalue weighted by Crippen LogP contribution is 2.24. The maximum absolute atomic E-state index is 13.0. The molecule has 0 saturated heterocycles. The van der Waals surface area contributed by atoms with E-state index in [0.29, 0.717) is 47.7 Å². The van der Waals surface area contributed by atoms with Crippen LogP contribution in [0.5, 0.6) is 5.75 Å². The van der Waals surface area contributed by atoms with E-state index in [0.717, 1.165) is 11.3 Å². The molecule has 0 aliphatic rings. The van der Waals surface area contributed by atoms with Crippen molar-refractivity contribution in [3.05, 3.63) is 89.0 Å². The molecule has 0 radical (unpaired) electrons. The molecule has 7 nitrogen and oxygen atoms in total. The molecule has 172 valence electrons. The van der Waals surface area contributed by atoms with Gasteiger partial charge in [-0.1, -0.05) is 30.3 Å². The molecule has 2 amide bonds. The first-order valence-corrected chi connectivity index (χ1v) is 10.8. The molecule has 0 saturated carbocycles. The second-order valence-electron chi connectivity index (χ2n) is 7.51. The Hall–Kier alpha value is -3.68. The minimum Gasteiger partial charge on any atom is -0.493 e. The number of nitrogens with two attached hydrogens (primary N) is 1. The largest absolute Gasteiger partial charge is 0.493 e. The smallest absolute Gasteiger partial charge is 0.259 e. The molecule has 0 aliphatic heterocycles. The summed E-state index contributed by atoms with van der Waals surface area (Å²) < 4.78 is 11.0. The Morgan fingerprint density at radius 2 is 1.64 bits per heavy atom. The molecule has 7 heteroatoms. The zero-order valence-electron chi connectivity index (χ0n) is 18.9. The first kappa shape index (κ1) is 24.0. The topological polar surface area (TPSA) is 103 Å². The van der Waals surface area contributed by atoms with Gasteiger partial charge in [0, 0.05) is 29.6 Å². The summed E-state index contributed by atoms with van der Waals surface area (Å²) in [6.07, 6.45) is 0.694. The number of carbonyl (C=O) groups excluding carboxylic acids is 2. The lowest BCUT2D eigenvalue weighted by Crippen LogP contribution is -2.17. The van der Waals surface area contributed by atoms with Crippen molar-refractivity contribution >= 4 is 23.2 Å². The van der Waals surface area contributed by atoms with E-state index < -0.39 is 0 Å². The molecule has 0 aliphatic carbocycles. The van der Waals surface area contributed by atoms with Crippen molar-refractivity contribution in [1.82, 2.24) is 0 Å². The normalized spacial score (nSPS) is 10.5. The number of rotatable bonds is 10. The number of carbonyl (C=O) groups is 2. The lowest BCUT2D eigenvalue weighted by molar-refractivity contribution is 0.101. The SMILES string of the molecule is COCc1cc(C(=O)Nc2ccccc2C)ccc1NC(=O)c1ccccc1OCCCN. The van der Waals surface area contributed by atoms with Crippen LogP contribution in [-0.2, 0) is 11.3 Å². The summed E-state index contributed by atoms with van der Waals surface area (Å²) in [4.78, 5) is 25.8. The van der Waals surface area contributed by atoms with E-state index in [4.69, 9.17) is 15.2 Å². The second-order valence-corrected chi connectivity index (χ2v) is 7.51. The minimum absolute atomic E-state index is 0.232. The number of anilines is 2. The van der Waals surface area contributed by atoms with Crippen LogP contribution in [0.4, 0.5) is 11.4 Å². The molecule has 0 aromatic heterocycles. The van der Waals surface area contributed by atoms with E-state index in [-0.39, 0.29) is 18.4 Å². The van der Waals surface area contributed by atoms with E-state index in [1.165, 1.54) is 0 Å². The fourth-order valence-corrected chi connectivity index (χ4v) is 3.27. The van der Waals surface area contributed by atoms with Gasteiger partial charge in [0.2, 0.25) is 0 Å². The van der Waals surface area contributed by atoms with Gasteiger partial charge in [-0.15, -0.1) is 0 Å². The molecule has 0 heterocycles. The fourth-order valence-electron chi connectivity index (χ4n) is 3.27. The Bertz CT molecular complexity index is 1110. The maximum Gasteiger partial charge on any atom is 0.259 e. The average molecular weight is 448 g/mol. The molecule has 0 fully saturated rings. The first-order valence-electron chi connectivity index (χ1n) is 10.8. The van der Waals surface area contributed by atoms with Gasteiger partial charge >= 0.3 is 0 Å². The summed E-state index contributed by atoms with van der Waals surface area (Å²) in [5.41, 5.74) is 9.37. The van der Waals surface area contributed by atoms with E-state index in [1.54, 1.807) is 43.5 Å². The van der Waals surface area contributed by atoms with Crippen LogP contribution >= 0.6 is 0 Å². The number of hydrogen-bond acceptors (Lipinski definition) is 5. The summed E-state index contributed by atoms with van der Waals surface area (Å²) in [7, 11) is 1.56. The zero-order valence-corrected chi connectivity index (χ0v) is 18.9. The molecular formula is C26H29N3O4. The highest BCUT2D eigenvalue weighted by Gasteiger charge is 2.16. The molecule has 4 N–H and O–H groups in total. The number of ether oxygens (including phenoxy) is 2. The van der Waals surface area contributed by atoms with Crippen molar-refractivity contribution in [3.8, 4) is 5.75 Å². The zero-order chi connectivity index (χ0) is 23.6. The minimum atomic E-state index is -0.312. The van der Waals surface area contributed by atoms with Gasteiger partial charge in [0.05, 0.1) is 18.8 Å². The molecule has 0 unspecified atom stereocenters. The van der Waals surface area contributed by atoms with Gasteiger partial charge in [0.15, 0.2) is 0 Å². The number of nitrogens with one attached hydrogen (secondary N) is 2. The summed E-state index contributed by atoms with van der Waals surface area (Å²) >= 11 is 0. The molecule has 0 spiro atoms. The fraction of sp³-hybridized carbons (Fsp3) is 0.231. The van der Waals surface area contributed by atoms with Crippen LogP contribution in [0.1, 0.15) is 38.3 Å². The monoisotopic (exact) mass is 447 g/mol. The van der Waals surface area contributed by atoms with Crippen LogP contribution in [0, 0.1) is 6.92 Å². The lowest BCUT2D eigenvalue weighted by atomic mass is 10.1. The van der Waals surface area contributed by atoms with E-state index in [2.05, 4.69) is 10.6 Å². The van der Waals surface area contributed by atoms with Crippen LogP contribution in [-0.4, -0.2) is 32.1 Å². The van der Waals surface area contributed by atoms with Crippen molar-refractivity contribution in [1.29, 1.82) is 0 Å². The Balaban J connectivity index is 1.79. The third kappa shape index (κ3) is 6.41.